The highest BCUT2D eigenvalue weighted by atomic mass is 16.3. The van der Waals surface area contributed by atoms with Gasteiger partial charge in [-0.05, 0) is 32.7 Å². The predicted octanol–water partition coefficient (Wildman–Crippen LogP) is 1.12. The van der Waals surface area contributed by atoms with Gasteiger partial charge in [-0.2, -0.15) is 10.2 Å². The topological polar surface area (TPSA) is 72.0 Å². The molecule has 0 unspecified atom stereocenters. The first kappa shape index (κ1) is 15.2. The van der Waals surface area contributed by atoms with Crippen LogP contribution in [0.5, 0.6) is 0 Å². The summed E-state index contributed by atoms with van der Waals surface area (Å²) in [7, 11) is 1.87. The lowest BCUT2D eigenvalue weighted by Gasteiger charge is -2.25. The van der Waals surface area contributed by atoms with E-state index in [-0.39, 0.29) is 0 Å². The summed E-state index contributed by atoms with van der Waals surface area (Å²) >= 11 is 0. The van der Waals surface area contributed by atoms with Gasteiger partial charge in [0.2, 0.25) is 0 Å². The first-order valence-corrected chi connectivity index (χ1v) is 7.94. The van der Waals surface area contributed by atoms with E-state index in [9.17, 15) is 5.11 Å². The third kappa shape index (κ3) is 3.20. The second-order valence-electron chi connectivity index (χ2n) is 5.96. The number of hydrogen-bond donors (Lipinski definition) is 1. The molecule has 2 aromatic heterocycles. The van der Waals surface area contributed by atoms with E-state index in [0.717, 1.165) is 43.9 Å². The van der Waals surface area contributed by atoms with Crippen LogP contribution in [0.15, 0.2) is 18.7 Å². The first-order chi connectivity index (χ1) is 10.7. The maximum Gasteiger partial charge on any atom is 0.141 e. The van der Waals surface area contributed by atoms with Gasteiger partial charge in [-0.25, -0.2) is 9.67 Å². The Balaban J connectivity index is 1.63. The lowest BCUT2D eigenvalue weighted by atomic mass is 10.0. The van der Waals surface area contributed by atoms with Gasteiger partial charge in [-0.3, -0.25) is 9.58 Å². The van der Waals surface area contributed by atoms with Gasteiger partial charge in [-0.1, -0.05) is 0 Å². The van der Waals surface area contributed by atoms with Crippen molar-refractivity contribution < 1.29 is 5.11 Å². The molecule has 3 heterocycles. The van der Waals surface area contributed by atoms with E-state index in [1.54, 1.807) is 17.2 Å². The Bertz CT molecular complexity index is 607. The lowest BCUT2D eigenvalue weighted by molar-refractivity contribution is 0.116. The molecule has 0 spiro atoms. The number of hydrogen-bond acceptors (Lipinski definition) is 5. The molecule has 2 atom stereocenters. The van der Waals surface area contributed by atoms with Crippen molar-refractivity contribution in [1.29, 1.82) is 0 Å². The van der Waals surface area contributed by atoms with Gasteiger partial charge in [0.25, 0.3) is 0 Å². The summed E-state index contributed by atoms with van der Waals surface area (Å²) in [5, 5.41) is 18.8. The van der Waals surface area contributed by atoms with E-state index in [1.165, 1.54) is 6.42 Å². The van der Waals surface area contributed by atoms with Gasteiger partial charge in [0.1, 0.15) is 12.2 Å². The number of aromatic nitrogens is 5. The monoisotopic (exact) mass is 304 g/mol. The van der Waals surface area contributed by atoms with E-state index in [0.29, 0.717) is 6.04 Å². The van der Waals surface area contributed by atoms with Crippen molar-refractivity contribution in [2.24, 2.45) is 7.05 Å². The molecular weight excluding hydrogens is 280 g/mol. The van der Waals surface area contributed by atoms with Crippen LogP contribution in [0.2, 0.25) is 0 Å². The van der Waals surface area contributed by atoms with Crippen molar-refractivity contribution in [1.82, 2.24) is 29.4 Å². The van der Waals surface area contributed by atoms with Crippen molar-refractivity contribution in [3.63, 3.8) is 0 Å². The van der Waals surface area contributed by atoms with E-state index in [4.69, 9.17) is 0 Å². The minimum atomic E-state index is -0.455. The predicted molar refractivity (Wildman–Crippen MR) is 81.9 cm³/mol. The van der Waals surface area contributed by atoms with Gasteiger partial charge in [-0.15, -0.1) is 0 Å². The number of nitrogens with zero attached hydrogens (tertiary/aromatic N) is 6. The van der Waals surface area contributed by atoms with Crippen molar-refractivity contribution >= 4 is 0 Å². The van der Waals surface area contributed by atoms with Crippen LogP contribution in [-0.2, 0) is 20.1 Å². The average Bonchev–Trinajstić information content (AvgIpc) is 3.21. The van der Waals surface area contributed by atoms with Gasteiger partial charge in [0.05, 0.1) is 18.8 Å². The molecule has 1 saturated heterocycles. The van der Waals surface area contributed by atoms with E-state index >= 15 is 0 Å². The molecule has 0 radical (unpaired) electrons. The number of rotatable bonds is 6. The third-order valence-corrected chi connectivity index (χ3v) is 4.44. The van der Waals surface area contributed by atoms with Crippen molar-refractivity contribution in [2.45, 2.75) is 51.4 Å². The normalized spacial score (nSPS) is 20.6. The Morgan fingerprint density at radius 1 is 1.41 bits per heavy atom. The second-order valence-corrected chi connectivity index (χ2v) is 5.96. The average molecular weight is 304 g/mol. The van der Waals surface area contributed by atoms with E-state index < -0.39 is 6.10 Å². The van der Waals surface area contributed by atoms with Gasteiger partial charge >= 0.3 is 0 Å². The first-order valence-electron chi connectivity index (χ1n) is 7.94. The summed E-state index contributed by atoms with van der Waals surface area (Å²) in [5.74, 6) is 1.00. The fraction of sp³-hybridized carbons (Fsp3) is 0.667. The molecule has 1 fully saturated rings. The Labute approximate surface area is 130 Å². The molecule has 1 aliphatic heterocycles. The van der Waals surface area contributed by atoms with Gasteiger partial charge in [0, 0.05) is 31.4 Å². The Morgan fingerprint density at radius 3 is 3.00 bits per heavy atom. The van der Waals surface area contributed by atoms with Crippen LogP contribution in [0.3, 0.4) is 0 Å². The Kier molecular flexibility index (Phi) is 4.54. The van der Waals surface area contributed by atoms with Crippen LogP contribution in [0.4, 0.5) is 0 Å². The molecule has 0 bridgehead atoms. The van der Waals surface area contributed by atoms with Gasteiger partial charge < -0.3 is 5.11 Å². The molecule has 0 amide bonds. The van der Waals surface area contributed by atoms with Crippen LogP contribution < -0.4 is 0 Å². The maximum atomic E-state index is 10.4. The second kappa shape index (κ2) is 6.58. The third-order valence-electron chi connectivity index (χ3n) is 4.44. The highest BCUT2D eigenvalue weighted by molar-refractivity contribution is 5.08. The minimum absolute atomic E-state index is 0.386. The number of aliphatic hydroxyl groups is 1. The zero-order valence-electron chi connectivity index (χ0n) is 13.3. The number of aliphatic hydroxyl groups excluding tert-OH is 1. The van der Waals surface area contributed by atoms with Crippen molar-refractivity contribution in [3.05, 3.63) is 30.1 Å². The molecular formula is C15H24N6O. The molecule has 2 aromatic rings. The summed E-state index contributed by atoms with van der Waals surface area (Å²) in [6.45, 7) is 4.78. The molecule has 1 N–H and O–H groups in total. The summed E-state index contributed by atoms with van der Waals surface area (Å²) < 4.78 is 3.67. The quantitative estimate of drug-likeness (QED) is 0.866. The fourth-order valence-electron chi connectivity index (χ4n) is 3.23. The van der Waals surface area contributed by atoms with Crippen LogP contribution in [0.25, 0.3) is 0 Å². The summed E-state index contributed by atoms with van der Waals surface area (Å²) in [6.07, 6.45) is 7.83. The Morgan fingerprint density at radius 2 is 2.27 bits per heavy atom. The minimum Gasteiger partial charge on any atom is -0.388 e. The molecule has 7 nitrogen and oxygen atoms in total. The molecule has 1 aliphatic rings. The molecule has 120 valence electrons. The van der Waals surface area contributed by atoms with Gasteiger partial charge in [0.15, 0.2) is 0 Å². The molecule has 3 rings (SSSR count). The molecule has 7 heteroatoms. The zero-order valence-corrected chi connectivity index (χ0v) is 13.3. The van der Waals surface area contributed by atoms with E-state index in [1.807, 2.05) is 17.9 Å². The zero-order chi connectivity index (χ0) is 15.5. The van der Waals surface area contributed by atoms with Crippen LogP contribution in [-0.4, -0.2) is 47.1 Å². The smallest absolute Gasteiger partial charge is 0.141 e. The summed E-state index contributed by atoms with van der Waals surface area (Å²) in [4.78, 5) is 6.77. The standard InChI is InChI=1S/C15H24N6O/c1-3-21-15(16-11-18-21)10-20-6-4-5-13(20)7-14(22)12-8-17-19(2)9-12/h8-9,11,13-14,22H,3-7,10H2,1-2H3/t13-,14-/m0/s1. The fourth-order valence-corrected chi connectivity index (χ4v) is 3.23. The summed E-state index contributed by atoms with van der Waals surface area (Å²) in [5.41, 5.74) is 0.895. The number of aryl methyl sites for hydroxylation is 2. The van der Waals surface area contributed by atoms with Crippen LogP contribution >= 0.6 is 0 Å². The molecule has 0 aromatic carbocycles. The SMILES string of the molecule is CCn1ncnc1CN1CCC[C@H]1C[C@H](O)c1cnn(C)c1. The largest absolute Gasteiger partial charge is 0.388 e. The summed E-state index contributed by atoms with van der Waals surface area (Å²) in [6, 6.07) is 0.386. The number of likely N-dealkylation sites (tertiary alicyclic amines) is 1. The molecule has 0 saturated carbocycles. The highest BCUT2D eigenvalue weighted by Gasteiger charge is 2.28. The van der Waals surface area contributed by atoms with E-state index in [2.05, 4.69) is 27.0 Å². The molecule has 0 aliphatic carbocycles. The van der Waals surface area contributed by atoms with Crippen molar-refractivity contribution in [2.75, 3.05) is 6.54 Å². The lowest BCUT2D eigenvalue weighted by Crippen LogP contribution is -2.31. The van der Waals surface area contributed by atoms with Crippen LogP contribution in [0.1, 0.15) is 43.7 Å². The molecule has 22 heavy (non-hydrogen) atoms. The van der Waals surface area contributed by atoms with Crippen molar-refractivity contribution in [3.8, 4) is 0 Å². The van der Waals surface area contributed by atoms with Crippen LogP contribution in [0, 0.1) is 0 Å². The maximum absolute atomic E-state index is 10.4. The Hall–Kier alpha value is -1.73. The highest BCUT2D eigenvalue weighted by Crippen LogP contribution is 2.28.